The van der Waals surface area contributed by atoms with E-state index in [2.05, 4.69) is 6.58 Å². The van der Waals surface area contributed by atoms with Crippen LogP contribution in [0, 0.1) is 0 Å². The zero-order valence-electron chi connectivity index (χ0n) is 8.05. The number of alkyl halides is 2. The summed E-state index contributed by atoms with van der Waals surface area (Å²) in [5.41, 5.74) is 0.955. The molecule has 1 aromatic carbocycles. The maximum atomic E-state index is 13.0. The lowest BCUT2D eigenvalue weighted by Crippen LogP contribution is -2.15. The van der Waals surface area contributed by atoms with Gasteiger partial charge in [-0.1, -0.05) is 36.4 Å². The first-order chi connectivity index (χ1) is 6.64. The van der Waals surface area contributed by atoms with Crippen molar-refractivity contribution in [1.29, 1.82) is 0 Å². The summed E-state index contributed by atoms with van der Waals surface area (Å²) in [5.74, 6) is -2.61. The van der Waals surface area contributed by atoms with Crippen molar-refractivity contribution in [1.82, 2.24) is 0 Å². The van der Waals surface area contributed by atoms with E-state index in [9.17, 15) is 8.78 Å². The van der Waals surface area contributed by atoms with E-state index in [0.29, 0.717) is 6.42 Å². The quantitative estimate of drug-likeness (QED) is 0.628. The summed E-state index contributed by atoms with van der Waals surface area (Å²) in [6, 6.07) is 9.33. The van der Waals surface area contributed by atoms with E-state index in [1.807, 2.05) is 30.3 Å². The third kappa shape index (κ3) is 3.69. The molecule has 0 saturated heterocycles. The van der Waals surface area contributed by atoms with E-state index < -0.39 is 5.92 Å². The van der Waals surface area contributed by atoms with Gasteiger partial charge in [-0.2, -0.15) is 0 Å². The maximum absolute atomic E-state index is 13.0. The lowest BCUT2D eigenvalue weighted by atomic mass is 10.0. The van der Waals surface area contributed by atoms with Crippen LogP contribution in [-0.4, -0.2) is 5.92 Å². The Labute approximate surface area is 83.3 Å². The number of hydrogen-bond acceptors (Lipinski definition) is 0. The summed E-state index contributed by atoms with van der Waals surface area (Å²) in [4.78, 5) is 0. The van der Waals surface area contributed by atoms with E-state index in [4.69, 9.17) is 0 Å². The van der Waals surface area contributed by atoms with Gasteiger partial charge in [0, 0.05) is 12.8 Å². The van der Waals surface area contributed by atoms with Crippen molar-refractivity contribution >= 4 is 0 Å². The summed E-state index contributed by atoms with van der Waals surface area (Å²) < 4.78 is 26.1. The molecule has 0 unspecified atom stereocenters. The van der Waals surface area contributed by atoms with Crippen LogP contribution in [0.3, 0.4) is 0 Å². The molecule has 0 aromatic heterocycles. The van der Waals surface area contributed by atoms with Gasteiger partial charge in [0.1, 0.15) is 0 Å². The van der Waals surface area contributed by atoms with Crippen LogP contribution in [0.15, 0.2) is 43.0 Å². The highest BCUT2D eigenvalue weighted by molar-refractivity contribution is 5.14. The molecule has 0 bridgehead atoms. The minimum absolute atomic E-state index is 0.108. The van der Waals surface area contributed by atoms with Crippen molar-refractivity contribution in [2.24, 2.45) is 0 Å². The molecule has 0 spiro atoms. The molecular weight excluding hydrogens is 182 g/mol. The van der Waals surface area contributed by atoms with Crippen LogP contribution in [0.2, 0.25) is 0 Å². The molecule has 1 aromatic rings. The van der Waals surface area contributed by atoms with Gasteiger partial charge in [-0.3, -0.25) is 0 Å². The van der Waals surface area contributed by atoms with Gasteiger partial charge in [0.25, 0.3) is 5.92 Å². The predicted molar refractivity (Wildman–Crippen MR) is 54.5 cm³/mol. The van der Waals surface area contributed by atoms with Gasteiger partial charge < -0.3 is 0 Å². The second-order valence-corrected chi connectivity index (χ2v) is 3.33. The Bertz CT molecular complexity index is 278. The number of rotatable bonds is 5. The summed E-state index contributed by atoms with van der Waals surface area (Å²) in [6.45, 7) is 3.32. The number of aryl methyl sites for hydroxylation is 1. The standard InChI is InChI=1S/C12H14F2/c1-2-9-12(13,14)10-8-11-6-4-3-5-7-11/h2-7H,1,8-10H2. The number of hydrogen-bond donors (Lipinski definition) is 0. The number of benzene rings is 1. The Balaban J connectivity index is 2.44. The van der Waals surface area contributed by atoms with Crippen LogP contribution in [0.4, 0.5) is 8.78 Å². The van der Waals surface area contributed by atoms with E-state index in [0.717, 1.165) is 5.56 Å². The topological polar surface area (TPSA) is 0 Å². The van der Waals surface area contributed by atoms with Crippen LogP contribution in [0.5, 0.6) is 0 Å². The molecule has 0 heterocycles. The molecule has 1 rings (SSSR count). The lowest BCUT2D eigenvalue weighted by Gasteiger charge is -2.13. The van der Waals surface area contributed by atoms with Crippen molar-refractivity contribution in [3.05, 3.63) is 48.6 Å². The van der Waals surface area contributed by atoms with Crippen LogP contribution >= 0.6 is 0 Å². The average molecular weight is 196 g/mol. The van der Waals surface area contributed by atoms with E-state index in [1.165, 1.54) is 6.08 Å². The van der Waals surface area contributed by atoms with Crippen LogP contribution in [0.25, 0.3) is 0 Å². The molecule has 0 aliphatic rings. The van der Waals surface area contributed by atoms with Crippen molar-refractivity contribution in [3.8, 4) is 0 Å². The van der Waals surface area contributed by atoms with Crippen molar-refractivity contribution in [2.75, 3.05) is 0 Å². The largest absolute Gasteiger partial charge is 0.251 e. The minimum atomic E-state index is -2.61. The van der Waals surface area contributed by atoms with E-state index in [-0.39, 0.29) is 12.8 Å². The third-order valence-corrected chi connectivity index (χ3v) is 2.07. The number of halogens is 2. The Kier molecular flexibility index (Phi) is 3.81. The van der Waals surface area contributed by atoms with E-state index >= 15 is 0 Å². The second-order valence-electron chi connectivity index (χ2n) is 3.33. The highest BCUT2D eigenvalue weighted by Crippen LogP contribution is 2.24. The smallest absolute Gasteiger partial charge is 0.207 e. The Hall–Kier alpha value is -1.18. The fourth-order valence-corrected chi connectivity index (χ4v) is 1.29. The monoisotopic (exact) mass is 196 g/mol. The lowest BCUT2D eigenvalue weighted by molar-refractivity contribution is -0.00397. The van der Waals surface area contributed by atoms with Gasteiger partial charge in [-0.25, -0.2) is 8.78 Å². The molecule has 0 aliphatic heterocycles. The SMILES string of the molecule is C=CCC(F)(F)CCc1ccccc1. The van der Waals surface area contributed by atoms with Crippen LogP contribution in [0.1, 0.15) is 18.4 Å². The van der Waals surface area contributed by atoms with Gasteiger partial charge in [0.15, 0.2) is 0 Å². The van der Waals surface area contributed by atoms with E-state index in [1.54, 1.807) is 0 Å². The van der Waals surface area contributed by atoms with Crippen molar-refractivity contribution in [3.63, 3.8) is 0 Å². The van der Waals surface area contributed by atoms with Crippen LogP contribution in [-0.2, 0) is 6.42 Å². The first-order valence-electron chi connectivity index (χ1n) is 4.67. The fourth-order valence-electron chi connectivity index (χ4n) is 1.29. The number of allylic oxidation sites excluding steroid dienone is 1. The fraction of sp³-hybridized carbons (Fsp3) is 0.333. The predicted octanol–water partition coefficient (Wildman–Crippen LogP) is 3.83. The first kappa shape index (κ1) is 10.9. The summed E-state index contributed by atoms with van der Waals surface area (Å²) in [7, 11) is 0. The molecule has 0 aliphatic carbocycles. The molecule has 0 radical (unpaired) electrons. The minimum Gasteiger partial charge on any atom is -0.207 e. The summed E-state index contributed by atoms with van der Waals surface area (Å²) in [6.07, 6.45) is 1.34. The summed E-state index contributed by atoms with van der Waals surface area (Å²) in [5, 5.41) is 0. The Morgan fingerprint density at radius 1 is 1.21 bits per heavy atom. The molecule has 0 saturated carbocycles. The van der Waals surface area contributed by atoms with Gasteiger partial charge in [0.2, 0.25) is 0 Å². The molecule has 0 amide bonds. The Morgan fingerprint density at radius 2 is 1.86 bits per heavy atom. The average Bonchev–Trinajstić information content (AvgIpc) is 2.17. The first-order valence-corrected chi connectivity index (χ1v) is 4.67. The van der Waals surface area contributed by atoms with Gasteiger partial charge in [0.05, 0.1) is 0 Å². The third-order valence-electron chi connectivity index (χ3n) is 2.07. The molecule has 14 heavy (non-hydrogen) atoms. The van der Waals surface area contributed by atoms with Gasteiger partial charge in [-0.05, 0) is 12.0 Å². The van der Waals surface area contributed by atoms with Gasteiger partial charge in [-0.15, -0.1) is 6.58 Å². The van der Waals surface area contributed by atoms with Crippen molar-refractivity contribution < 1.29 is 8.78 Å². The molecule has 2 heteroatoms. The normalized spacial score (nSPS) is 11.3. The maximum Gasteiger partial charge on any atom is 0.251 e. The highest BCUT2D eigenvalue weighted by atomic mass is 19.3. The van der Waals surface area contributed by atoms with Gasteiger partial charge >= 0.3 is 0 Å². The second kappa shape index (κ2) is 4.89. The van der Waals surface area contributed by atoms with Crippen molar-refractivity contribution in [2.45, 2.75) is 25.2 Å². The zero-order chi connectivity index (χ0) is 10.4. The zero-order valence-corrected chi connectivity index (χ0v) is 8.05. The molecule has 76 valence electrons. The molecule has 0 N–H and O–H groups in total. The Morgan fingerprint density at radius 3 is 2.43 bits per heavy atom. The molecular formula is C12H14F2. The molecule has 0 nitrogen and oxygen atoms in total. The highest BCUT2D eigenvalue weighted by Gasteiger charge is 2.26. The molecule has 0 atom stereocenters. The molecule has 0 fully saturated rings. The summed E-state index contributed by atoms with van der Waals surface area (Å²) >= 11 is 0. The van der Waals surface area contributed by atoms with Crippen LogP contribution < -0.4 is 0 Å².